The first-order valence-electron chi connectivity index (χ1n) is 7.29. The minimum Gasteiger partial charge on any atom is -0.491 e. The van der Waals surface area contributed by atoms with Crippen molar-refractivity contribution in [1.29, 1.82) is 0 Å². The molecular formula is C17H19N3O2S. The lowest BCUT2D eigenvalue weighted by atomic mass is 10.2. The number of thiocarbonyl (C=S) groups is 1. The molecule has 0 aliphatic rings. The van der Waals surface area contributed by atoms with Gasteiger partial charge >= 0.3 is 0 Å². The van der Waals surface area contributed by atoms with Crippen LogP contribution in [-0.2, 0) is 6.54 Å². The van der Waals surface area contributed by atoms with Gasteiger partial charge in [0.25, 0.3) is 5.91 Å². The number of pyridine rings is 1. The molecule has 23 heavy (non-hydrogen) atoms. The third-order valence-electron chi connectivity index (χ3n) is 2.89. The van der Waals surface area contributed by atoms with Crippen molar-refractivity contribution in [3.63, 3.8) is 0 Å². The highest BCUT2D eigenvalue weighted by molar-refractivity contribution is 7.80. The highest BCUT2D eigenvalue weighted by atomic mass is 32.1. The summed E-state index contributed by atoms with van der Waals surface area (Å²) in [4.78, 5) is 16.1. The molecule has 0 radical (unpaired) electrons. The fourth-order valence-electron chi connectivity index (χ4n) is 1.86. The van der Waals surface area contributed by atoms with Gasteiger partial charge in [-0.05, 0) is 62.0 Å². The molecule has 0 aliphatic carbocycles. The first-order valence-corrected chi connectivity index (χ1v) is 7.70. The second kappa shape index (κ2) is 8.24. The molecule has 1 amide bonds. The second-order valence-corrected chi connectivity index (χ2v) is 5.60. The van der Waals surface area contributed by atoms with Gasteiger partial charge in [0.2, 0.25) is 0 Å². The SMILES string of the molecule is CC(C)Oc1ccc(C(=O)NC(=S)NCc2cccnc2)cc1. The second-order valence-electron chi connectivity index (χ2n) is 5.19. The molecule has 0 unspecified atom stereocenters. The average molecular weight is 329 g/mol. The van der Waals surface area contributed by atoms with Crippen molar-refractivity contribution >= 4 is 23.2 Å². The first kappa shape index (κ1) is 16.9. The molecule has 0 aliphatic heterocycles. The van der Waals surface area contributed by atoms with Crippen LogP contribution in [0.25, 0.3) is 0 Å². The van der Waals surface area contributed by atoms with E-state index in [-0.39, 0.29) is 17.1 Å². The van der Waals surface area contributed by atoms with E-state index in [2.05, 4.69) is 15.6 Å². The fourth-order valence-corrected chi connectivity index (χ4v) is 2.03. The number of amides is 1. The van der Waals surface area contributed by atoms with Gasteiger partial charge in [-0.15, -0.1) is 0 Å². The Morgan fingerprint density at radius 3 is 2.61 bits per heavy atom. The normalized spacial score (nSPS) is 10.2. The molecule has 5 nitrogen and oxygen atoms in total. The number of ether oxygens (including phenoxy) is 1. The molecule has 1 heterocycles. The molecule has 6 heteroatoms. The molecule has 2 N–H and O–H groups in total. The number of nitrogens with one attached hydrogen (secondary N) is 2. The van der Waals surface area contributed by atoms with Crippen molar-refractivity contribution in [3.05, 3.63) is 59.9 Å². The van der Waals surface area contributed by atoms with Gasteiger partial charge in [-0.2, -0.15) is 0 Å². The molecule has 0 fully saturated rings. The van der Waals surface area contributed by atoms with Gasteiger partial charge in [0.05, 0.1) is 6.10 Å². The molecule has 0 bridgehead atoms. The van der Waals surface area contributed by atoms with Gasteiger partial charge in [-0.3, -0.25) is 15.1 Å². The number of hydrogen-bond acceptors (Lipinski definition) is 4. The Kier molecular flexibility index (Phi) is 6.05. The Morgan fingerprint density at radius 1 is 1.26 bits per heavy atom. The molecule has 0 saturated carbocycles. The third kappa shape index (κ3) is 5.67. The molecule has 0 saturated heterocycles. The summed E-state index contributed by atoms with van der Waals surface area (Å²) in [6.07, 6.45) is 3.54. The highest BCUT2D eigenvalue weighted by Crippen LogP contribution is 2.13. The van der Waals surface area contributed by atoms with Gasteiger partial charge in [0.1, 0.15) is 5.75 Å². The maximum absolute atomic E-state index is 12.1. The van der Waals surface area contributed by atoms with E-state index in [1.54, 1.807) is 36.7 Å². The van der Waals surface area contributed by atoms with Gasteiger partial charge in [-0.1, -0.05) is 6.07 Å². The molecule has 2 aromatic rings. The standard InChI is InChI=1S/C17H19N3O2S/c1-12(2)22-15-7-5-14(6-8-15)16(21)20-17(23)19-11-13-4-3-9-18-10-13/h3-10,12H,11H2,1-2H3,(H2,19,20,21,23). The van der Waals surface area contributed by atoms with Crippen LogP contribution in [0.1, 0.15) is 29.8 Å². The van der Waals surface area contributed by atoms with E-state index in [0.29, 0.717) is 12.1 Å². The lowest BCUT2D eigenvalue weighted by Gasteiger charge is -2.11. The highest BCUT2D eigenvalue weighted by Gasteiger charge is 2.08. The summed E-state index contributed by atoms with van der Waals surface area (Å²) in [5.41, 5.74) is 1.51. The maximum atomic E-state index is 12.1. The molecule has 1 aromatic carbocycles. The largest absolute Gasteiger partial charge is 0.491 e. The van der Waals surface area contributed by atoms with Gasteiger partial charge in [0, 0.05) is 24.5 Å². The van der Waals surface area contributed by atoms with Crippen LogP contribution in [0.15, 0.2) is 48.8 Å². The Morgan fingerprint density at radius 2 is 2.00 bits per heavy atom. The topological polar surface area (TPSA) is 63.2 Å². The first-order chi connectivity index (χ1) is 11.0. The quantitative estimate of drug-likeness (QED) is 0.826. The van der Waals surface area contributed by atoms with Gasteiger partial charge in [-0.25, -0.2) is 0 Å². The molecular weight excluding hydrogens is 310 g/mol. The molecule has 2 rings (SSSR count). The smallest absolute Gasteiger partial charge is 0.257 e. The Balaban J connectivity index is 1.84. The van der Waals surface area contributed by atoms with Crippen molar-refractivity contribution in [2.24, 2.45) is 0 Å². The zero-order valence-corrected chi connectivity index (χ0v) is 13.9. The number of rotatable bonds is 5. The van der Waals surface area contributed by atoms with Crippen LogP contribution in [0.3, 0.4) is 0 Å². The lowest BCUT2D eigenvalue weighted by molar-refractivity contribution is 0.0976. The molecule has 120 valence electrons. The number of carbonyl (C=O) groups excluding carboxylic acids is 1. The summed E-state index contributed by atoms with van der Waals surface area (Å²) in [6.45, 7) is 4.41. The third-order valence-corrected chi connectivity index (χ3v) is 3.14. The molecule has 0 atom stereocenters. The van der Waals surface area contributed by atoms with Gasteiger partial charge < -0.3 is 10.1 Å². The zero-order chi connectivity index (χ0) is 16.7. The average Bonchev–Trinajstić information content (AvgIpc) is 2.54. The van der Waals surface area contributed by atoms with Crippen LogP contribution in [0.2, 0.25) is 0 Å². The van der Waals surface area contributed by atoms with Crippen LogP contribution in [0.4, 0.5) is 0 Å². The predicted molar refractivity (Wildman–Crippen MR) is 93.3 cm³/mol. The number of benzene rings is 1. The van der Waals surface area contributed by atoms with Crippen molar-refractivity contribution in [2.45, 2.75) is 26.5 Å². The van der Waals surface area contributed by atoms with E-state index >= 15 is 0 Å². The van der Waals surface area contributed by atoms with Crippen LogP contribution >= 0.6 is 12.2 Å². The van der Waals surface area contributed by atoms with E-state index in [9.17, 15) is 4.79 Å². The zero-order valence-electron chi connectivity index (χ0n) is 13.1. The summed E-state index contributed by atoms with van der Waals surface area (Å²) in [5.74, 6) is 0.471. The fraction of sp³-hybridized carbons (Fsp3) is 0.235. The predicted octanol–water partition coefficient (Wildman–Crippen LogP) is 2.67. The van der Waals surface area contributed by atoms with E-state index in [1.165, 1.54) is 0 Å². The number of carbonyl (C=O) groups is 1. The summed E-state index contributed by atoms with van der Waals surface area (Å²) < 4.78 is 5.54. The van der Waals surface area contributed by atoms with E-state index in [0.717, 1.165) is 11.3 Å². The van der Waals surface area contributed by atoms with E-state index < -0.39 is 0 Å². The van der Waals surface area contributed by atoms with E-state index in [4.69, 9.17) is 17.0 Å². The molecule has 1 aromatic heterocycles. The lowest BCUT2D eigenvalue weighted by Crippen LogP contribution is -2.38. The summed E-state index contributed by atoms with van der Waals surface area (Å²) in [6, 6.07) is 10.7. The summed E-state index contributed by atoms with van der Waals surface area (Å²) in [7, 11) is 0. The molecule has 0 spiro atoms. The Labute approximate surface area is 141 Å². The van der Waals surface area contributed by atoms with Crippen LogP contribution < -0.4 is 15.4 Å². The number of aromatic nitrogens is 1. The van der Waals surface area contributed by atoms with Crippen LogP contribution in [-0.4, -0.2) is 22.1 Å². The summed E-state index contributed by atoms with van der Waals surface area (Å²) in [5, 5.41) is 5.90. The van der Waals surface area contributed by atoms with Gasteiger partial charge in [0.15, 0.2) is 5.11 Å². The van der Waals surface area contributed by atoms with Crippen LogP contribution in [0, 0.1) is 0 Å². The van der Waals surface area contributed by atoms with Crippen molar-refractivity contribution < 1.29 is 9.53 Å². The van der Waals surface area contributed by atoms with Crippen molar-refractivity contribution in [1.82, 2.24) is 15.6 Å². The van der Waals surface area contributed by atoms with Crippen molar-refractivity contribution in [3.8, 4) is 5.75 Å². The monoisotopic (exact) mass is 329 g/mol. The number of hydrogen-bond donors (Lipinski definition) is 2. The maximum Gasteiger partial charge on any atom is 0.257 e. The van der Waals surface area contributed by atoms with Crippen LogP contribution in [0.5, 0.6) is 5.75 Å². The van der Waals surface area contributed by atoms with Crippen molar-refractivity contribution in [2.75, 3.05) is 0 Å². The minimum absolute atomic E-state index is 0.0962. The number of nitrogens with zero attached hydrogens (tertiary/aromatic N) is 1. The van der Waals surface area contributed by atoms with E-state index in [1.807, 2.05) is 26.0 Å². The Bertz CT molecular complexity index is 657. The summed E-state index contributed by atoms with van der Waals surface area (Å²) >= 11 is 5.12. The minimum atomic E-state index is -0.259. The Hall–Kier alpha value is -2.47.